The smallest absolute Gasteiger partial charge is 0.249 e. The van der Waals surface area contributed by atoms with E-state index in [9.17, 15) is 9.65 Å². The first-order valence-electron chi connectivity index (χ1n) is 16.5. The van der Waals surface area contributed by atoms with Gasteiger partial charge in [0.15, 0.2) is 17.3 Å². The molecule has 1 saturated heterocycles. The van der Waals surface area contributed by atoms with Gasteiger partial charge in [0, 0.05) is 30.1 Å². The zero-order valence-electron chi connectivity index (χ0n) is 28.7. The van der Waals surface area contributed by atoms with Gasteiger partial charge in [-0.25, -0.2) is 14.4 Å². The molecule has 4 aromatic carbocycles. The minimum Gasteiger partial charge on any atom is -0.493 e. The number of halogens is 2. The molecular weight excluding hydrogens is 687 g/mol. The molecule has 264 valence electrons. The average Bonchev–Trinajstić information content (AvgIpc) is 3.64. The lowest BCUT2D eigenvalue weighted by Crippen LogP contribution is -2.37. The van der Waals surface area contributed by atoms with Gasteiger partial charge >= 0.3 is 0 Å². The standard InChI is InChI=1S/C39H34ClFN6O5/c1-48-34-20-26(21-35(49-2)37(34)50-3)33-22-32(24-6-12-29(13-7-24)52-30-14-8-27(40)9-15-30)45-47(33)39-43-36(25-4-10-28(41)11-5-25)31(23-42)38(44-39)46-16-18-51-19-17-46/h4-15,20-21,33H,16-19,22H2,1-3H3. The number of hydrazone groups is 1. The van der Waals surface area contributed by atoms with Crippen molar-refractivity contribution in [2.24, 2.45) is 5.10 Å². The molecule has 0 bridgehead atoms. The van der Waals surface area contributed by atoms with Crippen molar-refractivity contribution in [3.63, 3.8) is 0 Å². The maximum atomic E-state index is 14.1. The van der Waals surface area contributed by atoms with Crippen LogP contribution in [0, 0.1) is 17.1 Å². The van der Waals surface area contributed by atoms with Gasteiger partial charge in [-0.05, 0) is 96.1 Å². The van der Waals surface area contributed by atoms with Crippen LogP contribution in [0.4, 0.5) is 16.2 Å². The molecule has 1 aromatic heterocycles. The van der Waals surface area contributed by atoms with Gasteiger partial charge < -0.3 is 28.6 Å². The molecule has 13 heteroatoms. The summed E-state index contributed by atoms with van der Waals surface area (Å²) in [6.45, 7) is 2.02. The van der Waals surface area contributed by atoms with Gasteiger partial charge in [0.2, 0.25) is 11.7 Å². The third kappa shape index (κ3) is 7.01. The van der Waals surface area contributed by atoms with E-state index in [1.54, 1.807) is 62.7 Å². The maximum Gasteiger partial charge on any atom is 0.249 e. The van der Waals surface area contributed by atoms with Crippen molar-refractivity contribution in [3.8, 4) is 46.1 Å². The molecule has 7 rings (SSSR count). The quantitative estimate of drug-likeness (QED) is 0.141. The Balaban J connectivity index is 1.36. The normalized spacial score (nSPS) is 15.5. The average molecular weight is 721 g/mol. The van der Waals surface area contributed by atoms with Gasteiger partial charge in [0.25, 0.3) is 0 Å². The van der Waals surface area contributed by atoms with Gasteiger partial charge in [0.05, 0.1) is 52.0 Å². The fourth-order valence-electron chi connectivity index (χ4n) is 6.24. The SMILES string of the molecule is COc1cc(C2CC(c3ccc(Oc4ccc(Cl)cc4)cc3)=NN2c2nc(-c3ccc(F)cc3)c(C#N)c(N3CCOCC3)n2)cc(OC)c1OC. The van der Waals surface area contributed by atoms with E-state index in [0.717, 1.165) is 16.8 Å². The number of methoxy groups -OCH3 is 3. The summed E-state index contributed by atoms with van der Waals surface area (Å²) in [4.78, 5) is 12.0. The molecule has 0 spiro atoms. The summed E-state index contributed by atoms with van der Waals surface area (Å²) in [5, 5.41) is 18.0. The largest absolute Gasteiger partial charge is 0.493 e. The van der Waals surface area contributed by atoms with Gasteiger partial charge in [-0.3, -0.25) is 0 Å². The summed E-state index contributed by atoms with van der Waals surface area (Å²) in [6, 6.07) is 26.4. The lowest BCUT2D eigenvalue weighted by molar-refractivity contribution is 0.122. The van der Waals surface area contributed by atoms with Crippen LogP contribution in [0.5, 0.6) is 28.7 Å². The molecule has 2 aliphatic rings. The van der Waals surface area contributed by atoms with Gasteiger partial charge in [-0.15, -0.1) is 0 Å². The van der Waals surface area contributed by atoms with Gasteiger partial charge in [0.1, 0.15) is 28.9 Å². The Bertz CT molecular complexity index is 2110. The highest BCUT2D eigenvalue weighted by Gasteiger charge is 2.35. The first-order valence-corrected chi connectivity index (χ1v) is 16.9. The third-order valence-corrected chi connectivity index (χ3v) is 9.09. The van der Waals surface area contributed by atoms with Crippen LogP contribution in [-0.2, 0) is 4.74 Å². The van der Waals surface area contributed by atoms with Crippen molar-refractivity contribution in [2.45, 2.75) is 12.5 Å². The zero-order chi connectivity index (χ0) is 36.2. The summed E-state index contributed by atoms with van der Waals surface area (Å²) < 4.78 is 42.7. The lowest BCUT2D eigenvalue weighted by Gasteiger charge is -2.30. The number of nitriles is 1. The van der Waals surface area contributed by atoms with E-state index < -0.39 is 11.9 Å². The molecule has 52 heavy (non-hydrogen) atoms. The fraction of sp³-hybridized carbons (Fsp3) is 0.231. The number of anilines is 2. The molecule has 3 heterocycles. The first-order chi connectivity index (χ1) is 25.4. The summed E-state index contributed by atoms with van der Waals surface area (Å²) in [5.41, 5.74) is 3.65. The van der Waals surface area contributed by atoms with Crippen LogP contribution in [0.15, 0.2) is 90.0 Å². The van der Waals surface area contributed by atoms with Crippen LogP contribution < -0.4 is 28.9 Å². The van der Waals surface area contributed by atoms with Crippen molar-refractivity contribution < 1.29 is 28.1 Å². The molecule has 1 unspecified atom stereocenters. The molecule has 2 aliphatic heterocycles. The Kier molecular flexibility index (Phi) is 10.1. The van der Waals surface area contributed by atoms with E-state index >= 15 is 0 Å². The van der Waals surface area contributed by atoms with Crippen LogP contribution in [0.3, 0.4) is 0 Å². The second-order valence-electron chi connectivity index (χ2n) is 11.9. The molecule has 0 radical (unpaired) electrons. The minimum atomic E-state index is -0.430. The summed E-state index contributed by atoms with van der Waals surface area (Å²) in [5.74, 6) is 3.05. The highest BCUT2D eigenvalue weighted by molar-refractivity contribution is 6.30. The van der Waals surface area contributed by atoms with Crippen LogP contribution in [0.25, 0.3) is 11.3 Å². The molecule has 0 amide bonds. The minimum absolute atomic E-state index is 0.260. The van der Waals surface area contributed by atoms with Crippen molar-refractivity contribution in [2.75, 3.05) is 57.5 Å². The van der Waals surface area contributed by atoms with E-state index in [0.29, 0.717) is 83.6 Å². The van der Waals surface area contributed by atoms with Crippen LogP contribution in [0.1, 0.15) is 29.2 Å². The number of ether oxygens (including phenoxy) is 5. The van der Waals surface area contributed by atoms with Crippen LogP contribution in [0.2, 0.25) is 5.02 Å². The highest BCUT2D eigenvalue weighted by atomic mass is 35.5. The molecule has 1 atom stereocenters. The van der Waals surface area contributed by atoms with E-state index in [4.69, 9.17) is 50.4 Å². The highest BCUT2D eigenvalue weighted by Crippen LogP contribution is 2.45. The number of hydrogen-bond donors (Lipinski definition) is 0. The number of nitrogens with zero attached hydrogens (tertiary/aromatic N) is 6. The third-order valence-electron chi connectivity index (χ3n) is 8.84. The van der Waals surface area contributed by atoms with Gasteiger partial charge in [-0.2, -0.15) is 15.3 Å². The first kappa shape index (κ1) is 34.5. The Labute approximate surface area is 305 Å². The molecule has 0 aliphatic carbocycles. The number of aromatic nitrogens is 2. The van der Waals surface area contributed by atoms with Crippen molar-refractivity contribution in [3.05, 3.63) is 112 Å². The fourth-order valence-corrected chi connectivity index (χ4v) is 6.37. The Morgan fingerprint density at radius 1 is 0.827 bits per heavy atom. The summed E-state index contributed by atoms with van der Waals surface area (Å²) in [7, 11) is 4.69. The molecule has 1 fully saturated rings. The van der Waals surface area contributed by atoms with E-state index in [-0.39, 0.29) is 11.5 Å². The molecular formula is C39H34ClFN6O5. The number of benzene rings is 4. The maximum absolute atomic E-state index is 14.1. The lowest BCUT2D eigenvalue weighted by atomic mass is 9.97. The predicted octanol–water partition coefficient (Wildman–Crippen LogP) is 7.82. The van der Waals surface area contributed by atoms with E-state index in [1.807, 2.05) is 41.3 Å². The second-order valence-corrected chi connectivity index (χ2v) is 12.4. The molecule has 5 aromatic rings. The number of rotatable bonds is 10. The second kappa shape index (κ2) is 15.1. The van der Waals surface area contributed by atoms with Crippen LogP contribution in [-0.4, -0.2) is 63.3 Å². The zero-order valence-corrected chi connectivity index (χ0v) is 29.4. The summed E-state index contributed by atoms with van der Waals surface area (Å²) in [6.07, 6.45) is 0.457. The summed E-state index contributed by atoms with van der Waals surface area (Å²) >= 11 is 6.04. The monoisotopic (exact) mass is 720 g/mol. The number of morpholine rings is 1. The number of hydrogen-bond acceptors (Lipinski definition) is 11. The van der Waals surface area contributed by atoms with E-state index in [2.05, 4.69) is 6.07 Å². The van der Waals surface area contributed by atoms with Crippen LogP contribution >= 0.6 is 11.6 Å². The Morgan fingerprint density at radius 2 is 1.44 bits per heavy atom. The Morgan fingerprint density at radius 3 is 2.04 bits per heavy atom. The van der Waals surface area contributed by atoms with Gasteiger partial charge in [-0.1, -0.05) is 11.6 Å². The van der Waals surface area contributed by atoms with Crippen molar-refractivity contribution >= 4 is 29.1 Å². The topological polar surface area (TPSA) is 115 Å². The molecule has 0 N–H and O–H groups in total. The Hall–Kier alpha value is -5.90. The predicted molar refractivity (Wildman–Crippen MR) is 196 cm³/mol. The molecule has 0 saturated carbocycles. The van der Waals surface area contributed by atoms with Crippen molar-refractivity contribution in [1.82, 2.24) is 9.97 Å². The molecule has 11 nitrogen and oxygen atoms in total. The van der Waals surface area contributed by atoms with Crippen molar-refractivity contribution in [1.29, 1.82) is 5.26 Å². The van der Waals surface area contributed by atoms with E-state index in [1.165, 1.54) is 12.1 Å².